The molecule has 104 valence electrons. The number of hydrogen-bond donors (Lipinski definition) is 3. The lowest BCUT2D eigenvalue weighted by molar-refractivity contribution is 0.0735. The first-order valence-corrected chi connectivity index (χ1v) is 7.12. The molecule has 0 saturated carbocycles. The van der Waals surface area contributed by atoms with E-state index >= 15 is 0 Å². The summed E-state index contributed by atoms with van der Waals surface area (Å²) in [5, 5.41) is 7.68. The largest absolute Gasteiger partial charge is 0.382 e. The summed E-state index contributed by atoms with van der Waals surface area (Å²) in [6, 6.07) is 0. The molecule has 1 unspecified atom stereocenters. The van der Waals surface area contributed by atoms with Crippen molar-refractivity contribution in [1.29, 1.82) is 0 Å². The number of hydrogen-bond acceptors (Lipinski definition) is 7. The lowest BCUT2D eigenvalue weighted by Crippen LogP contribution is -2.18. The Balaban J connectivity index is 2.09. The van der Waals surface area contributed by atoms with Gasteiger partial charge in [0, 0.05) is 0 Å². The lowest BCUT2D eigenvalue weighted by atomic mass is 10.4. The standard InChI is InChI=1S/C8H13N6O4P/c1-5(18-4-19(15,16)17)2-14-8-6(12-13-14)7(9)10-3-11-8/h3,5H,2,4H2,1H3,(H2,9,10,11)(H2,15,16,17). The van der Waals surface area contributed by atoms with E-state index in [1.807, 2.05) is 0 Å². The van der Waals surface area contributed by atoms with Crippen LogP contribution in [0.1, 0.15) is 6.92 Å². The summed E-state index contributed by atoms with van der Waals surface area (Å²) in [4.78, 5) is 25.2. The predicted molar refractivity (Wildman–Crippen MR) is 65.0 cm³/mol. The van der Waals surface area contributed by atoms with E-state index in [0.717, 1.165) is 0 Å². The van der Waals surface area contributed by atoms with Gasteiger partial charge in [-0.15, -0.1) is 5.10 Å². The molecular weight excluding hydrogens is 275 g/mol. The van der Waals surface area contributed by atoms with Crippen molar-refractivity contribution in [3.05, 3.63) is 6.33 Å². The third-order valence-electron chi connectivity index (χ3n) is 2.29. The van der Waals surface area contributed by atoms with E-state index in [-0.39, 0.29) is 12.4 Å². The van der Waals surface area contributed by atoms with Crippen LogP contribution in [-0.2, 0) is 15.8 Å². The average Bonchev–Trinajstić information content (AvgIpc) is 2.71. The molecule has 0 radical (unpaired) electrons. The van der Waals surface area contributed by atoms with Crippen LogP contribution in [0, 0.1) is 0 Å². The van der Waals surface area contributed by atoms with E-state index in [4.69, 9.17) is 20.3 Å². The zero-order valence-corrected chi connectivity index (χ0v) is 10.9. The normalized spacial score (nSPS) is 13.8. The summed E-state index contributed by atoms with van der Waals surface area (Å²) in [5.41, 5.74) is 6.44. The van der Waals surface area contributed by atoms with Crippen molar-refractivity contribution >= 4 is 24.6 Å². The van der Waals surface area contributed by atoms with Crippen LogP contribution in [0.4, 0.5) is 5.82 Å². The number of nitrogen functional groups attached to an aromatic ring is 1. The maximum Gasteiger partial charge on any atom is 0.350 e. The Labute approximate surface area is 107 Å². The molecule has 10 nitrogen and oxygen atoms in total. The van der Waals surface area contributed by atoms with Crippen LogP contribution in [0.25, 0.3) is 11.2 Å². The van der Waals surface area contributed by atoms with Crippen molar-refractivity contribution in [3.63, 3.8) is 0 Å². The van der Waals surface area contributed by atoms with Crippen LogP contribution in [0.3, 0.4) is 0 Å². The predicted octanol–water partition coefficient (Wildman–Crippen LogP) is -0.656. The smallest absolute Gasteiger partial charge is 0.350 e. The number of nitrogens with two attached hydrogens (primary N) is 1. The quantitative estimate of drug-likeness (QED) is 0.609. The Morgan fingerprint density at radius 3 is 2.95 bits per heavy atom. The summed E-state index contributed by atoms with van der Waals surface area (Å²) in [6.45, 7) is 1.90. The third-order valence-corrected chi connectivity index (χ3v) is 2.77. The van der Waals surface area contributed by atoms with Crippen LogP contribution < -0.4 is 5.73 Å². The molecule has 2 rings (SSSR count). The fraction of sp³-hybridized carbons (Fsp3) is 0.500. The fourth-order valence-corrected chi connectivity index (χ4v) is 1.90. The summed E-state index contributed by atoms with van der Waals surface area (Å²) in [6.07, 6.45) is 0.185. The summed E-state index contributed by atoms with van der Waals surface area (Å²) >= 11 is 0. The Kier molecular flexibility index (Phi) is 3.76. The minimum Gasteiger partial charge on any atom is -0.382 e. The molecule has 2 aromatic heterocycles. The van der Waals surface area contributed by atoms with Gasteiger partial charge in [0.25, 0.3) is 0 Å². The highest BCUT2D eigenvalue weighted by molar-refractivity contribution is 7.51. The van der Waals surface area contributed by atoms with Gasteiger partial charge in [0.2, 0.25) is 0 Å². The molecule has 0 saturated heterocycles. The van der Waals surface area contributed by atoms with Gasteiger partial charge in [-0.3, -0.25) is 4.57 Å². The van der Waals surface area contributed by atoms with Gasteiger partial charge in [-0.2, -0.15) is 0 Å². The van der Waals surface area contributed by atoms with Gasteiger partial charge in [-0.05, 0) is 6.92 Å². The molecule has 1 atom stereocenters. The molecule has 11 heteroatoms. The number of anilines is 1. The first-order chi connectivity index (χ1) is 8.87. The zero-order valence-electron chi connectivity index (χ0n) is 10.0. The highest BCUT2D eigenvalue weighted by atomic mass is 31.2. The third kappa shape index (κ3) is 3.44. The first-order valence-electron chi connectivity index (χ1n) is 5.32. The molecule has 0 aliphatic heterocycles. The molecular formula is C8H13N6O4P. The van der Waals surface area contributed by atoms with Crippen molar-refractivity contribution in [3.8, 4) is 0 Å². The molecule has 0 fully saturated rings. The van der Waals surface area contributed by atoms with Gasteiger partial charge in [0.15, 0.2) is 17.0 Å². The van der Waals surface area contributed by atoms with Crippen LogP contribution in [0.5, 0.6) is 0 Å². The molecule has 19 heavy (non-hydrogen) atoms. The number of fused-ring (bicyclic) bond motifs is 1. The molecule has 0 amide bonds. The van der Waals surface area contributed by atoms with E-state index in [0.29, 0.717) is 11.2 Å². The Hall–Kier alpha value is -1.61. The van der Waals surface area contributed by atoms with Crippen LogP contribution in [0.15, 0.2) is 6.33 Å². The second-order valence-corrected chi connectivity index (χ2v) is 5.56. The first kappa shape index (κ1) is 13.8. The SMILES string of the molecule is CC(Cn1nnc2c(N)ncnc21)OCP(=O)(O)O. The maximum atomic E-state index is 10.7. The minimum atomic E-state index is -4.18. The van der Waals surface area contributed by atoms with Gasteiger partial charge in [0.1, 0.15) is 12.7 Å². The lowest BCUT2D eigenvalue weighted by Gasteiger charge is -2.13. The van der Waals surface area contributed by atoms with E-state index in [1.54, 1.807) is 6.92 Å². The van der Waals surface area contributed by atoms with Crippen LogP contribution in [0.2, 0.25) is 0 Å². The molecule has 0 aliphatic rings. The fourth-order valence-electron chi connectivity index (χ4n) is 1.45. The Morgan fingerprint density at radius 1 is 1.53 bits per heavy atom. The topological polar surface area (TPSA) is 149 Å². The maximum absolute atomic E-state index is 10.7. The van der Waals surface area contributed by atoms with Crippen molar-refractivity contribution < 1.29 is 19.1 Å². The minimum absolute atomic E-state index is 0.222. The highest BCUT2D eigenvalue weighted by Gasteiger charge is 2.17. The van der Waals surface area contributed by atoms with E-state index in [2.05, 4.69) is 20.3 Å². The van der Waals surface area contributed by atoms with Crippen LogP contribution in [-0.4, -0.2) is 47.2 Å². The molecule has 0 aromatic carbocycles. The van der Waals surface area contributed by atoms with Crippen molar-refractivity contribution in [2.45, 2.75) is 19.6 Å². The number of ether oxygens (including phenoxy) is 1. The Bertz CT molecular complexity index is 625. The van der Waals surface area contributed by atoms with Gasteiger partial charge >= 0.3 is 7.60 Å². The summed E-state index contributed by atoms with van der Waals surface area (Å²) in [5.74, 6) is 0.222. The van der Waals surface area contributed by atoms with Crippen molar-refractivity contribution in [1.82, 2.24) is 25.0 Å². The van der Waals surface area contributed by atoms with Gasteiger partial charge in [-0.25, -0.2) is 14.6 Å². The summed E-state index contributed by atoms with van der Waals surface area (Å²) in [7, 11) is -4.18. The molecule has 2 aromatic rings. The number of nitrogens with zero attached hydrogens (tertiary/aromatic N) is 5. The van der Waals surface area contributed by atoms with E-state index < -0.39 is 20.0 Å². The summed E-state index contributed by atoms with van der Waals surface area (Å²) < 4.78 is 17.2. The zero-order chi connectivity index (χ0) is 14.0. The van der Waals surface area contributed by atoms with Crippen molar-refractivity contribution in [2.24, 2.45) is 0 Å². The second kappa shape index (κ2) is 5.17. The monoisotopic (exact) mass is 288 g/mol. The van der Waals surface area contributed by atoms with Gasteiger partial charge in [-0.1, -0.05) is 5.21 Å². The molecule has 0 aliphatic carbocycles. The molecule has 4 N–H and O–H groups in total. The number of aromatic nitrogens is 5. The number of rotatable bonds is 5. The van der Waals surface area contributed by atoms with Gasteiger partial charge < -0.3 is 20.3 Å². The van der Waals surface area contributed by atoms with Crippen molar-refractivity contribution in [2.75, 3.05) is 12.1 Å². The molecule has 0 spiro atoms. The molecule has 0 bridgehead atoms. The van der Waals surface area contributed by atoms with E-state index in [9.17, 15) is 4.57 Å². The second-order valence-electron chi connectivity index (χ2n) is 3.97. The Morgan fingerprint density at radius 2 is 2.26 bits per heavy atom. The molecule has 2 heterocycles. The average molecular weight is 288 g/mol. The van der Waals surface area contributed by atoms with Crippen LogP contribution >= 0.6 is 7.60 Å². The highest BCUT2D eigenvalue weighted by Crippen LogP contribution is 2.34. The van der Waals surface area contributed by atoms with Gasteiger partial charge in [0.05, 0.1) is 12.6 Å². The van der Waals surface area contributed by atoms with E-state index in [1.165, 1.54) is 11.0 Å².